The largest absolute Gasteiger partial charge is 0.481 e. The zero-order valence-corrected chi connectivity index (χ0v) is 18.7. The lowest BCUT2D eigenvalue weighted by molar-refractivity contribution is -0.136. The van der Waals surface area contributed by atoms with Gasteiger partial charge in [0.05, 0.1) is 6.42 Å². The number of nitrogens with zero attached hydrogens (tertiary/aromatic N) is 1. The van der Waals surface area contributed by atoms with E-state index in [1.807, 2.05) is 24.3 Å². The number of carboxylic acid groups (broad SMARTS) is 1. The van der Waals surface area contributed by atoms with Gasteiger partial charge in [0, 0.05) is 18.7 Å². The van der Waals surface area contributed by atoms with E-state index in [1.54, 1.807) is 0 Å². The van der Waals surface area contributed by atoms with Gasteiger partial charge >= 0.3 is 5.97 Å². The second-order valence-corrected chi connectivity index (χ2v) is 7.96. The number of nitrogens with one attached hydrogen (secondary N) is 1. The van der Waals surface area contributed by atoms with Crippen LogP contribution in [0.25, 0.3) is 0 Å². The van der Waals surface area contributed by atoms with E-state index >= 15 is 0 Å². The summed E-state index contributed by atoms with van der Waals surface area (Å²) in [6.45, 7) is 6.28. The lowest BCUT2D eigenvalue weighted by Gasteiger charge is -2.11. The third kappa shape index (κ3) is 13.1. The van der Waals surface area contributed by atoms with E-state index < -0.39 is 5.97 Å². The van der Waals surface area contributed by atoms with Crippen LogP contribution in [-0.4, -0.2) is 30.0 Å². The van der Waals surface area contributed by atoms with Crippen LogP contribution in [0.3, 0.4) is 0 Å². The molecule has 29 heavy (non-hydrogen) atoms. The minimum absolute atomic E-state index is 0.0652. The summed E-state index contributed by atoms with van der Waals surface area (Å²) in [5, 5.41) is 12.5. The van der Waals surface area contributed by atoms with Gasteiger partial charge in [0.2, 0.25) is 0 Å². The summed E-state index contributed by atoms with van der Waals surface area (Å²) in [4.78, 5) is 15.7. The average molecular weight is 403 g/mol. The van der Waals surface area contributed by atoms with Gasteiger partial charge in [-0.1, -0.05) is 102 Å². The van der Waals surface area contributed by atoms with Crippen molar-refractivity contribution in [3.63, 3.8) is 0 Å². The van der Waals surface area contributed by atoms with Gasteiger partial charge in [0.1, 0.15) is 5.84 Å². The van der Waals surface area contributed by atoms with Crippen molar-refractivity contribution in [3.05, 3.63) is 35.4 Å². The highest BCUT2D eigenvalue weighted by atomic mass is 16.4. The predicted molar refractivity (Wildman–Crippen MR) is 124 cm³/mol. The maximum Gasteiger partial charge on any atom is 0.307 e. The molecule has 0 aliphatic carbocycles. The van der Waals surface area contributed by atoms with E-state index in [9.17, 15) is 4.79 Å². The first-order valence-corrected chi connectivity index (χ1v) is 11.8. The maximum absolute atomic E-state index is 10.9. The second kappa shape index (κ2) is 17.1. The quantitative estimate of drug-likeness (QED) is 0.181. The second-order valence-electron chi connectivity index (χ2n) is 7.96. The van der Waals surface area contributed by atoms with E-state index in [0.29, 0.717) is 0 Å². The lowest BCUT2D eigenvalue weighted by atomic mass is 10.1. The van der Waals surface area contributed by atoms with Crippen LogP contribution in [0.5, 0.6) is 0 Å². The SMILES string of the molecule is CCCCCCCCN=C(NCCCCCCCC)c1ccc(CC(=O)O)cc1. The summed E-state index contributed by atoms with van der Waals surface area (Å²) in [7, 11) is 0. The fourth-order valence-corrected chi connectivity index (χ4v) is 3.40. The maximum atomic E-state index is 10.9. The molecule has 164 valence electrons. The van der Waals surface area contributed by atoms with Crippen molar-refractivity contribution < 1.29 is 9.90 Å². The number of amidine groups is 1. The van der Waals surface area contributed by atoms with E-state index in [4.69, 9.17) is 10.1 Å². The molecule has 0 aromatic heterocycles. The molecule has 4 heteroatoms. The molecule has 0 aliphatic heterocycles. The normalized spacial score (nSPS) is 11.6. The van der Waals surface area contributed by atoms with Crippen molar-refractivity contribution in [2.24, 2.45) is 4.99 Å². The minimum Gasteiger partial charge on any atom is -0.481 e. The summed E-state index contributed by atoms with van der Waals surface area (Å²) >= 11 is 0. The van der Waals surface area contributed by atoms with Gasteiger partial charge in [-0.15, -0.1) is 0 Å². The molecule has 0 saturated carbocycles. The molecule has 0 spiro atoms. The van der Waals surface area contributed by atoms with Crippen molar-refractivity contribution in [1.29, 1.82) is 0 Å². The van der Waals surface area contributed by atoms with E-state index in [-0.39, 0.29) is 6.42 Å². The first-order valence-electron chi connectivity index (χ1n) is 11.8. The van der Waals surface area contributed by atoms with E-state index in [2.05, 4.69) is 19.2 Å². The van der Waals surface area contributed by atoms with Gasteiger partial charge in [-0.05, 0) is 18.4 Å². The molecule has 0 radical (unpaired) electrons. The highest BCUT2D eigenvalue weighted by Gasteiger charge is 2.05. The summed E-state index contributed by atoms with van der Waals surface area (Å²) in [6.07, 6.45) is 15.4. The highest BCUT2D eigenvalue weighted by Crippen LogP contribution is 2.09. The third-order valence-electron chi connectivity index (χ3n) is 5.19. The predicted octanol–water partition coefficient (Wildman–Crippen LogP) is 6.37. The Morgan fingerprint density at radius 2 is 1.38 bits per heavy atom. The molecule has 1 aromatic carbocycles. The Labute approximate surface area is 178 Å². The number of rotatable bonds is 17. The molecule has 0 bridgehead atoms. The molecule has 0 atom stereocenters. The molecular formula is C25H42N2O2. The van der Waals surface area contributed by atoms with E-state index in [0.717, 1.165) is 42.9 Å². The molecule has 0 unspecified atom stereocenters. The Balaban J connectivity index is 2.53. The van der Waals surface area contributed by atoms with Crippen LogP contribution in [0.2, 0.25) is 0 Å². The van der Waals surface area contributed by atoms with Gasteiger partial charge in [-0.25, -0.2) is 0 Å². The Hall–Kier alpha value is -1.84. The fourth-order valence-electron chi connectivity index (χ4n) is 3.40. The first kappa shape index (κ1) is 25.2. The van der Waals surface area contributed by atoms with Crippen molar-refractivity contribution in [1.82, 2.24) is 5.32 Å². The zero-order chi connectivity index (χ0) is 21.2. The number of aliphatic carboxylic acids is 1. The molecule has 0 heterocycles. The number of hydrogen-bond donors (Lipinski definition) is 2. The van der Waals surface area contributed by atoms with Crippen LogP contribution in [0.4, 0.5) is 0 Å². The van der Waals surface area contributed by atoms with Gasteiger partial charge in [-0.2, -0.15) is 0 Å². The zero-order valence-electron chi connectivity index (χ0n) is 18.7. The Bertz CT molecular complexity index is 567. The number of aliphatic imine (C=N–C) groups is 1. The molecule has 0 aliphatic rings. The minimum atomic E-state index is -0.795. The molecule has 4 nitrogen and oxygen atoms in total. The van der Waals surface area contributed by atoms with Gasteiger partial charge in [0.25, 0.3) is 0 Å². The van der Waals surface area contributed by atoms with Crippen LogP contribution in [-0.2, 0) is 11.2 Å². The van der Waals surface area contributed by atoms with Crippen LogP contribution in [0, 0.1) is 0 Å². The van der Waals surface area contributed by atoms with Crippen LogP contribution < -0.4 is 5.32 Å². The summed E-state index contributed by atoms with van der Waals surface area (Å²) < 4.78 is 0. The van der Waals surface area contributed by atoms with Crippen molar-refractivity contribution in [2.75, 3.05) is 13.1 Å². The number of benzene rings is 1. The highest BCUT2D eigenvalue weighted by molar-refractivity contribution is 5.98. The Morgan fingerprint density at radius 3 is 1.97 bits per heavy atom. The van der Waals surface area contributed by atoms with Gasteiger partial charge in [0.15, 0.2) is 0 Å². The first-order chi connectivity index (χ1) is 14.2. The Morgan fingerprint density at radius 1 is 0.828 bits per heavy atom. The number of unbranched alkanes of at least 4 members (excludes halogenated alkanes) is 10. The summed E-state index contributed by atoms with van der Waals surface area (Å²) in [5.41, 5.74) is 1.88. The number of carboxylic acids is 1. The van der Waals surface area contributed by atoms with Crippen molar-refractivity contribution in [3.8, 4) is 0 Å². The summed E-state index contributed by atoms with van der Waals surface area (Å²) in [6, 6.07) is 7.78. The van der Waals surface area contributed by atoms with Crippen LogP contribution in [0.15, 0.2) is 29.3 Å². The average Bonchev–Trinajstić information content (AvgIpc) is 2.71. The number of hydrogen-bond acceptors (Lipinski definition) is 2. The number of carbonyl (C=O) groups is 1. The third-order valence-corrected chi connectivity index (χ3v) is 5.19. The lowest BCUT2D eigenvalue weighted by Crippen LogP contribution is -2.26. The smallest absolute Gasteiger partial charge is 0.307 e. The molecule has 2 N–H and O–H groups in total. The summed E-state index contributed by atoms with van der Waals surface area (Å²) in [5.74, 6) is 0.157. The topological polar surface area (TPSA) is 61.7 Å². The molecule has 1 rings (SSSR count). The van der Waals surface area contributed by atoms with Crippen LogP contribution >= 0.6 is 0 Å². The fraction of sp³-hybridized carbons (Fsp3) is 0.680. The standard InChI is InChI=1S/C25H42N2O2/c1-3-5-7-9-11-13-19-26-25(27-20-14-12-10-8-6-4-2)23-17-15-22(16-18-23)21-24(28)29/h15-18H,3-14,19-21H2,1-2H3,(H,26,27)(H,28,29). The van der Waals surface area contributed by atoms with E-state index in [1.165, 1.54) is 64.2 Å². The monoisotopic (exact) mass is 402 g/mol. The molecular weight excluding hydrogens is 360 g/mol. The van der Waals surface area contributed by atoms with Crippen molar-refractivity contribution in [2.45, 2.75) is 97.3 Å². The Kier molecular flexibility index (Phi) is 14.8. The van der Waals surface area contributed by atoms with Crippen molar-refractivity contribution >= 4 is 11.8 Å². The van der Waals surface area contributed by atoms with Gasteiger partial charge in [-0.3, -0.25) is 9.79 Å². The van der Waals surface area contributed by atoms with Crippen LogP contribution in [0.1, 0.15) is 102 Å². The molecule has 0 saturated heterocycles. The van der Waals surface area contributed by atoms with Gasteiger partial charge < -0.3 is 10.4 Å². The molecule has 0 fully saturated rings. The molecule has 1 aromatic rings. The molecule has 0 amide bonds.